The molecule has 1 fully saturated rings. The molecular formula is C20H17N7O5S. The number of amides is 1. The third-order valence-corrected chi connectivity index (χ3v) is 6.02. The van der Waals surface area contributed by atoms with E-state index in [1.165, 1.54) is 23.4 Å². The second-order valence-corrected chi connectivity index (χ2v) is 8.41. The number of nitrogens with zero attached hydrogens (tertiary/aromatic N) is 6. The Balaban J connectivity index is 1.48. The number of nitrogens with one attached hydrogen (secondary N) is 1. The quantitative estimate of drug-likeness (QED) is 0.442. The average molecular weight is 467 g/mol. The number of carbonyl (C=O) groups is 2. The number of carboxylic acids is 1. The Morgan fingerprint density at radius 1 is 1.27 bits per heavy atom. The molecule has 0 radical (unpaired) electrons. The van der Waals surface area contributed by atoms with E-state index in [9.17, 15) is 19.5 Å². The fourth-order valence-electron chi connectivity index (χ4n) is 3.66. The second kappa shape index (κ2) is 7.78. The van der Waals surface area contributed by atoms with Gasteiger partial charge in [0.25, 0.3) is 0 Å². The maximum Gasteiger partial charge on any atom is 0.341 e. The van der Waals surface area contributed by atoms with E-state index >= 15 is 0 Å². The lowest BCUT2D eigenvalue weighted by molar-refractivity contribution is -0.120. The third-order valence-electron chi connectivity index (χ3n) is 5.35. The molecule has 0 aromatic carbocycles. The Hall–Kier alpha value is -4.13. The SMILES string of the molecule is Cc1coc(NC(=O)C2CN(c3cc(C)c4c(=O)c(C(=O)O)cn(-c5ncns5)c4n3)C2)n1. The van der Waals surface area contributed by atoms with Crippen LogP contribution in [-0.4, -0.2) is 54.0 Å². The number of aromatic carboxylic acids is 1. The molecule has 12 nitrogen and oxygen atoms in total. The number of oxazole rings is 1. The average Bonchev–Trinajstić information content (AvgIpc) is 3.38. The first-order valence-electron chi connectivity index (χ1n) is 9.87. The molecule has 0 atom stereocenters. The van der Waals surface area contributed by atoms with Gasteiger partial charge in [0.05, 0.1) is 17.0 Å². The van der Waals surface area contributed by atoms with Crippen molar-refractivity contribution < 1.29 is 19.1 Å². The number of pyridine rings is 2. The molecule has 168 valence electrons. The molecule has 0 bridgehead atoms. The van der Waals surface area contributed by atoms with E-state index < -0.39 is 11.4 Å². The number of aryl methyl sites for hydroxylation is 2. The number of fused-ring (bicyclic) bond motifs is 1. The lowest BCUT2D eigenvalue weighted by atomic mass is 9.99. The van der Waals surface area contributed by atoms with Gasteiger partial charge in [0.2, 0.25) is 16.5 Å². The van der Waals surface area contributed by atoms with E-state index in [0.717, 1.165) is 11.5 Å². The van der Waals surface area contributed by atoms with Crippen LogP contribution in [0.2, 0.25) is 0 Å². The van der Waals surface area contributed by atoms with Gasteiger partial charge in [0, 0.05) is 30.8 Å². The van der Waals surface area contributed by atoms with E-state index in [1.807, 2.05) is 4.90 Å². The number of carboxylic acid groups (broad SMARTS) is 1. The Kier molecular flexibility index (Phi) is 4.89. The van der Waals surface area contributed by atoms with Crippen LogP contribution in [0.4, 0.5) is 11.8 Å². The van der Waals surface area contributed by atoms with Crippen LogP contribution in [-0.2, 0) is 4.79 Å². The van der Waals surface area contributed by atoms with Gasteiger partial charge in [-0.1, -0.05) is 0 Å². The van der Waals surface area contributed by atoms with Crippen molar-refractivity contribution in [1.82, 2.24) is 23.9 Å². The van der Waals surface area contributed by atoms with Gasteiger partial charge >= 0.3 is 12.0 Å². The number of rotatable bonds is 5. The van der Waals surface area contributed by atoms with Gasteiger partial charge in [0.15, 0.2) is 5.65 Å². The molecule has 33 heavy (non-hydrogen) atoms. The third kappa shape index (κ3) is 3.61. The maximum absolute atomic E-state index is 12.8. The molecule has 5 rings (SSSR count). The zero-order valence-electron chi connectivity index (χ0n) is 17.5. The highest BCUT2D eigenvalue weighted by atomic mass is 32.1. The van der Waals surface area contributed by atoms with Crippen molar-refractivity contribution in [3.05, 3.63) is 51.9 Å². The van der Waals surface area contributed by atoms with Gasteiger partial charge in [-0.3, -0.25) is 19.5 Å². The number of aromatic nitrogens is 5. The minimum atomic E-state index is -1.33. The fourth-order valence-corrected chi connectivity index (χ4v) is 4.17. The van der Waals surface area contributed by atoms with Gasteiger partial charge < -0.3 is 14.4 Å². The highest BCUT2D eigenvalue weighted by molar-refractivity contribution is 7.08. The number of carbonyl (C=O) groups excluding carboxylic acids is 1. The van der Waals surface area contributed by atoms with Gasteiger partial charge in [-0.15, -0.1) is 0 Å². The molecule has 4 aromatic rings. The summed E-state index contributed by atoms with van der Waals surface area (Å²) in [6, 6.07) is 1.87. The topological polar surface area (TPSA) is 156 Å². The molecule has 1 amide bonds. The molecule has 4 aromatic heterocycles. The molecule has 1 aliphatic heterocycles. The van der Waals surface area contributed by atoms with Crippen LogP contribution >= 0.6 is 11.5 Å². The molecule has 0 saturated carbocycles. The van der Waals surface area contributed by atoms with Crippen LogP contribution in [0.5, 0.6) is 0 Å². The fraction of sp³-hybridized carbons (Fsp3) is 0.250. The molecular weight excluding hydrogens is 450 g/mol. The lowest BCUT2D eigenvalue weighted by Gasteiger charge is -2.39. The van der Waals surface area contributed by atoms with Crippen molar-refractivity contribution in [2.45, 2.75) is 13.8 Å². The molecule has 0 spiro atoms. The molecule has 5 heterocycles. The first-order chi connectivity index (χ1) is 15.8. The predicted molar refractivity (Wildman–Crippen MR) is 118 cm³/mol. The van der Waals surface area contributed by atoms with Gasteiger partial charge in [0.1, 0.15) is 24.0 Å². The van der Waals surface area contributed by atoms with Crippen molar-refractivity contribution in [1.29, 1.82) is 0 Å². The number of anilines is 2. The van der Waals surface area contributed by atoms with Crippen LogP contribution < -0.4 is 15.6 Å². The van der Waals surface area contributed by atoms with Crippen LogP contribution in [0, 0.1) is 19.8 Å². The van der Waals surface area contributed by atoms with Crippen LogP contribution in [0.15, 0.2) is 34.1 Å². The maximum atomic E-state index is 12.8. The van der Waals surface area contributed by atoms with Gasteiger partial charge in [-0.25, -0.2) is 14.8 Å². The van der Waals surface area contributed by atoms with Crippen LogP contribution in [0.1, 0.15) is 21.6 Å². The highest BCUT2D eigenvalue weighted by Gasteiger charge is 2.35. The number of hydrogen-bond donors (Lipinski definition) is 2. The molecule has 1 aliphatic rings. The number of hydrogen-bond acceptors (Lipinski definition) is 10. The van der Waals surface area contributed by atoms with Crippen molar-refractivity contribution >= 4 is 46.3 Å². The Labute approximate surface area is 189 Å². The monoisotopic (exact) mass is 467 g/mol. The summed E-state index contributed by atoms with van der Waals surface area (Å²) in [7, 11) is 0. The van der Waals surface area contributed by atoms with E-state index in [-0.39, 0.29) is 34.4 Å². The lowest BCUT2D eigenvalue weighted by Crippen LogP contribution is -2.52. The summed E-state index contributed by atoms with van der Waals surface area (Å²) < 4.78 is 10.6. The first-order valence-corrected chi connectivity index (χ1v) is 10.6. The second-order valence-electron chi connectivity index (χ2n) is 7.65. The van der Waals surface area contributed by atoms with E-state index in [1.54, 1.807) is 19.9 Å². The first kappa shape index (κ1) is 20.8. The molecule has 0 aliphatic carbocycles. The van der Waals surface area contributed by atoms with Crippen molar-refractivity contribution in [3.63, 3.8) is 0 Å². The van der Waals surface area contributed by atoms with Gasteiger partial charge in [-0.2, -0.15) is 9.36 Å². The largest absolute Gasteiger partial charge is 0.477 e. The molecule has 0 unspecified atom stereocenters. The van der Waals surface area contributed by atoms with Crippen molar-refractivity contribution in [3.8, 4) is 5.13 Å². The summed E-state index contributed by atoms with van der Waals surface area (Å²) >= 11 is 1.05. The predicted octanol–water partition coefficient (Wildman–Crippen LogP) is 1.62. The van der Waals surface area contributed by atoms with Crippen LogP contribution in [0.25, 0.3) is 16.2 Å². The minimum absolute atomic E-state index is 0.158. The zero-order valence-corrected chi connectivity index (χ0v) is 18.3. The highest BCUT2D eigenvalue weighted by Crippen LogP contribution is 2.28. The van der Waals surface area contributed by atoms with Crippen LogP contribution in [0.3, 0.4) is 0 Å². The summed E-state index contributed by atoms with van der Waals surface area (Å²) in [4.78, 5) is 51.7. The standard InChI is InChI=1S/C20H17N7O5S/c1-9-3-13(26-4-11(5-26)17(29)25-19-23-10(2)7-32-19)24-16-14(9)15(28)12(18(30)31)6-27(16)20-21-8-22-33-20/h3,6-8,11H,4-5H2,1-2H3,(H,30,31)(H,23,25,29). The Morgan fingerprint density at radius 2 is 2.06 bits per heavy atom. The summed E-state index contributed by atoms with van der Waals surface area (Å²) in [5.41, 5.74) is 0.531. The van der Waals surface area contributed by atoms with Gasteiger partial charge in [-0.05, 0) is 25.5 Å². The Bertz CT molecular complexity index is 1450. The Morgan fingerprint density at radius 3 is 2.70 bits per heavy atom. The summed E-state index contributed by atoms with van der Waals surface area (Å²) in [6.07, 6.45) is 4.02. The summed E-state index contributed by atoms with van der Waals surface area (Å²) in [6.45, 7) is 4.32. The molecule has 2 N–H and O–H groups in total. The normalized spacial score (nSPS) is 13.8. The molecule has 13 heteroatoms. The minimum Gasteiger partial charge on any atom is -0.477 e. The van der Waals surface area contributed by atoms with E-state index in [4.69, 9.17) is 4.42 Å². The van der Waals surface area contributed by atoms with E-state index in [2.05, 4.69) is 24.6 Å². The summed E-state index contributed by atoms with van der Waals surface area (Å²) in [5, 5.41) is 12.7. The van der Waals surface area contributed by atoms with Crippen molar-refractivity contribution in [2.75, 3.05) is 23.3 Å². The van der Waals surface area contributed by atoms with Crippen molar-refractivity contribution in [2.24, 2.45) is 5.92 Å². The smallest absolute Gasteiger partial charge is 0.341 e. The van der Waals surface area contributed by atoms with E-state index in [0.29, 0.717) is 35.3 Å². The zero-order chi connectivity index (χ0) is 23.3. The molecule has 1 saturated heterocycles. The summed E-state index contributed by atoms with van der Waals surface area (Å²) in [5.74, 6) is -1.25.